The van der Waals surface area contributed by atoms with Gasteiger partial charge in [0.25, 0.3) is 5.97 Å². The van der Waals surface area contributed by atoms with Crippen LogP contribution in [0.25, 0.3) is 5.57 Å². The van der Waals surface area contributed by atoms with Gasteiger partial charge in [0, 0.05) is 12.3 Å². The number of unbranched alkanes of at least 4 members (excludes halogenated alkanes) is 1. The van der Waals surface area contributed by atoms with Gasteiger partial charge < -0.3 is 9.84 Å². The number of carboxylic acid groups (broad SMARTS) is 1. The number of carboxylic acids is 1. The van der Waals surface area contributed by atoms with Crippen molar-refractivity contribution in [3.8, 4) is 5.75 Å². The van der Waals surface area contributed by atoms with Gasteiger partial charge in [-0.05, 0) is 90.3 Å². The predicted molar refractivity (Wildman–Crippen MR) is 183 cm³/mol. The first kappa shape index (κ1) is 37.0. The van der Waals surface area contributed by atoms with Crippen LogP contribution in [0.3, 0.4) is 0 Å². The largest absolute Gasteiger partial charge is 0.493 e. The third kappa shape index (κ3) is 10.3. The minimum Gasteiger partial charge on any atom is -0.493 e. The van der Waals surface area contributed by atoms with E-state index in [9.17, 15) is 0 Å². The Morgan fingerprint density at radius 3 is 2.14 bits per heavy atom. The van der Waals surface area contributed by atoms with Crippen LogP contribution in [0.15, 0.2) is 72.3 Å². The third-order valence-corrected chi connectivity index (χ3v) is 8.25. The Morgan fingerprint density at radius 2 is 1.60 bits per heavy atom. The van der Waals surface area contributed by atoms with E-state index in [4.69, 9.17) is 14.6 Å². The predicted octanol–water partition coefficient (Wildman–Crippen LogP) is 11.5. The number of rotatable bonds is 12. The molecule has 3 nitrogen and oxygen atoms in total. The van der Waals surface area contributed by atoms with Crippen molar-refractivity contribution in [2.24, 2.45) is 5.92 Å². The second kappa shape index (κ2) is 19.2. The van der Waals surface area contributed by atoms with Crippen molar-refractivity contribution in [1.82, 2.24) is 0 Å². The molecule has 3 rings (SSSR count). The molecule has 0 heterocycles. The summed E-state index contributed by atoms with van der Waals surface area (Å²) < 4.78 is 6.06. The summed E-state index contributed by atoms with van der Waals surface area (Å²) >= 11 is 0. The van der Waals surface area contributed by atoms with Gasteiger partial charge >= 0.3 is 0 Å². The number of carbonyl (C=O) groups is 1. The Morgan fingerprint density at radius 1 is 0.952 bits per heavy atom. The van der Waals surface area contributed by atoms with Crippen molar-refractivity contribution in [2.45, 2.75) is 119 Å². The van der Waals surface area contributed by atoms with Crippen LogP contribution in [0.2, 0.25) is 0 Å². The number of hydrogen-bond donors (Lipinski definition) is 1. The molecule has 1 N–H and O–H groups in total. The molecule has 232 valence electrons. The Kier molecular flexibility index (Phi) is 16.9. The second-order valence-electron chi connectivity index (χ2n) is 11.1. The van der Waals surface area contributed by atoms with E-state index in [1.165, 1.54) is 46.2 Å². The number of aliphatic carboxylic acids is 1. The lowest BCUT2D eigenvalue weighted by atomic mass is 9.69. The zero-order valence-electron chi connectivity index (χ0n) is 28.2. The molecule has 1 atom stereocenters. The topological polar surface area (TPSA) is 46.5 Å². The first-order chi connectivity index (χ1) is 20.1. The molecule has 0 bridgehead atoms. The van der Waals surface area contributed by atoms with E-state index in [0.717, 1.165) is 45.0 Å². The molecular weight excluding hydrogens is 516 g/mol. The zero-order valence-corrected chi connectivity index (χ0v) is 28.2. The first-order valence-corrected chi connectivity index (χ1v) is 16.3. The minimum absolute atomic E-state index is 0.00186. The van der Waals surface area contributed by atoms with E-state index < -0.39 is 5.97 Å². The summed E-state index contributed by atoms with van der Waals surface area (Å²) in [6.07, 6.45) is 16.4. The van der Waals surface area contributed by atoms with Gasteiger partial charge in [0.1, 0.15) is 5.75 Å². The molecule has 0 saturated carbocycles. The lowest BCUT2D eigenvalue weighted by molar-refractivity contribution is -0.134. The van der Waals surface area contributed by atoms with Crippen LogP contribution in [0.5, 0.6) is 5.75 Å². The summed E-state index contributed by atoms with van der Waals surface area (Å²) in [5, 5.41) is 7.42. The summed E-state index contributed by atoms with van der Waals surface area (Å²) in [7, 11) is 0. The van der Waals surface area contributed by atoms with Gasteiger partial charge in [-0.15, -0.1) is 0 Å². The molecular formula is C39H58O3. The van der Waals surface area contributed by atoms with Crippen molar-refractivity contribution in [1.29, 1.82) is 0 Å². The highest BCUT2D eigenvalue weighted by molar-refractivity contribution is 5.76. The first-order valence-electron chi connectivity index (χ1n) is 16.3. The monoisotopic (exact) mass is 574 g/mol. The molecule has 0 aliphatic heterocycles. The molecule has 1 aliphatic rings. The maximum absolute atomic E-state index is 9.00. The SMILES string of the molecule is CC.CC(=O)O.CCCCOc1ccc(C(CC)(CC)C2=CC(C)C=C(c3cccc(C(CC)CC)c3)C=C2)cc1C. The Labute approximate surface area is 257 Å². The average Bonchev–Trinajstić information content (AvgIpc) is 3.18. The third-order valence-electron chi connectivity index (χ3n) is 8.25. The molecule has 0 spiro atoms. The molecule has 0 fully saturated rings. The molecule has 0 aromatic heterocycles. The number of ether oxygens (including phenoxy) is 1. The number of aryl methyl sites for hydroxylation is 1. The Bertz CT molecular complexity index is 1170. The molecule has 2 aromatic carbocycles. The molecule has 42 heavy (non-hydrogen) atoms. The van der Waals surface area contributed by atoms with E-state index in [2.05, 4.69) is 115 Å². The summed E-state index contributed by atoms with van der Waals surface area (Å²) in [5.74, 6) is 1.20. The fourth-order valence-electron chi connectivity index (χ4n) is 5.82. The van der Waals surface area contributed by atoms with Crippen molar-refractivity contribution in [3.05, 3.63) is 94.6 Å². The van der Waals surface area contributed by atoms with Gasteiger partial charge in [-0.25, -0.2) is 0 Å². The summed E-state index contributed by atoms with van der Waals surface area (Å²) in [5.41, 5.74) is 8.19. The molecule has 1 unspecified atom stereocenters. The molecule has 0 saturated heterocycles. The average molecular weight is 575 g/mol. The molecule has 0 radical (unpaired) electrons. The number of benzene rings is 2. The Balaban J connectivity index is 0.00000135. The normalized spacial score (nSPS) is 14.5. The smallest absolute Gasteiger partial charge is 0.300 e. The number of hydrogen-bond acceptors (Lipinski definition) is 2. The zero-order chi connectivity index (χ0) is 31.7. The minimum atomic E-state index is -0.833. The van der Waals surface area contributed by atoms with Gasteiger partial charge in [-0.3, -0.25) is 4.79 Å². The number of allylic oxidation sites excluding steroid dienone is 6. The maximum Gasteiger partial charge on any atom is 0.300 e. The summed E-state index contributed by atoms with van der Waals surface area (Å²) in [6.45, 7) is 21.9. The van der Waals surface area contributed by atoms with Crippen LogP contribution in [0.4, 0.5) is 0 Å². The van der Waals surface area contributed by atoms with Crippen LogP contribution < -0.4 is 4.74 Å². The van der Waals surface area contributed by atoms with Crippen LogP contribution in [0, 0.1) is 12.8 Å². The molecule has 3 heteroatoms. The van der Waals surface area contributed by atoms with E-state index in [1.54, 1.807) is 0 Å². The molecule has 0 amide bonds. The van der Waals surface area contributed by atoms with Crippen molar-refractivity contribution < 1.29 is 14.6 Å². The van der Waals surface area contributed by atoms with Crippen LogP contribution in [0.1, 0.15) is 129 Å². The Hall–Kier alpha value is -3.07. The van der Waals surface area contributed by atoms with E-state index >= 15 is 0 Å². The molecule has 1 aliphatic carbocycles. The van der Waals surface area contributed by atoms with Crippen LogP contribution >= 0.6 is 0 Å². The van der Waals surface area contributed by atoms with Gasteiger partial charge in [-0.2, -0.15) is 0 Å². The maximum atomic E-state index is 9.00. The summed E-state index contributed by atoms with van der Waals surface area (Å²) in [6, 6.07) is 16.1. The van der Waals surface area contributed by atoms with Gasteiger partial charge in [0.05, 0.1) is 6.61 Å². The highest BCUT2D eigenvalue weighted by Gasteiger charge is 2.32. The second-order valence-corrected chi connectivity index (χ2v) is 11.1. The van der Waals surface area contributed by atoms with Crippen molar-refractivity contribution in [3.63, 3.8) is 0 Å². The lowest BCUT2D eigenvalue weighted by Crippen LogP contribution is -2.27. The van der Waals surface area contributed by atoms with Gasteiger partial charge in [0.15, 0.2) is 0 Å². The van der Waals surface area contributed by atoms with Gasteiger partial charge in [-0.1, -0.05) is 123 Å². The lowest BCUT2D eigenvalue weighted by Gasteiger charge is -2.35. The quantitative estimate of drug-likeness (QED) is 0.256. The summed E-state index contributed by atoms with van der Waals surface area (Å²) in [4.78, 5) is 9.00. The fraction of sp³-hybridized carbons (Fsp3) is 0.513. The van der Waals surface area contributed by atoms with Crippen molar-refractivity contribution in [2.75, 3.05) is 6.61 Å². The van der Waals surface area contributed by atoms with E-state index in [-0.39, 0.29) is 5.41 Å². The van der Waals surface area contributed by atoms with Crippen LogP contribution in [-0.2, 0) is 10.2 Å². The van der Waals surface area contributed by atoms with E-state index in [0.29, 0.717) is 11.8 Å². The van der Waals surface area contributed by atoms with Crippen LogP contribution in [-0.4, -0.2) is 17.7 Å². The van der Waals surface area contributed by atoms with E-state index in [1.807, 2.05) is 13.8 Å². The standard InChI is InChI=1S/C35H48O.C2H4O2.C2H6/c1-8-13-21-36-34-20-19-33(24-27(34)7)35(11-4,12-5)32-18-17-31(22-26(6)23-32)30-16-14-15-29(25-30)28(9-2)10-3;1-2(3)4;1-2/h14-20,22-26,28H,8-13,21H2,1-7H3;1H3,(H,3,4);1-2H3. The highest BCUT2D eigenvalue weighted by atomic mass is 16.5. The molecule has 2 aromatic rings. The highest BCUT2D eigenvalue weighted by Crippen LogP contribution is 2.43. The fourth-order valence-corrected chi connectivity index (χ4v) is 5.82. The van der Waals surface area contributed by atoms with Gasteiger partial charge in [0.2, 0.25) is 0 Å². The van der Waals surface area contributed by atoms with Crippen molar-refractivity contribution >= 4 is 11.5 Å².